The maximum atomic E-state index is 11.9. The number of unbranched alkanes of at least 4 members (excludes halogenated alkanes) is 13. The summed E-state index contributed by atoms with van der Waals surface area (Å²) in [5.74, 6) is -1.38. The van der Waals surface area contributed by atoms with Gasteiger partial charge in [0.1, 0.15) is 6.04 Å². The molecule has 0 aliphatic rings. The summed E-state index contributed by atoms with van der Waals surface area (Å²) >= 11 is 0. The van der Waals surface area contributed by atoms with Gasteiger partial charge in [-0.15, -0.1) is 0 Å². The van der Waals surface area contributed by atoms with Crippen LogP contribution in [0.3, 0.4) is 0 Å². The van der Waals surface area contributed by atoms with Gasteiger partial charge in [-0.3, -0.25) is 9.79 Å². The molecule has 0 heterocycles. The summed E-state index contributed by atoms with van der Waals surface area (Å²) in [4.78, 5) is 26.9. The number of carboxylic acids is 1. The molecule has 0 unspecified atom stereocenters. The molecule has 0 radical (unpaired) electrons. The van der Waals surface area contributed by atoms with E-state index in [4.69, 9.17) is 11.5 Å². The number of aliphatic imine (C=N–C) groups is 1. The summed E-state index contributed by atoms with van der Waals surface area (Å²) in [5, 5.41) is 11.7. The number of nitrogens with zero attached hydrogens (tertiary/aromatic N) is 1. The third-order valence-corrected chi connectivity index (χ3v) is 5.51. The molecule has 0 aliphatic heterocycles. The second-order valence-electron chi connectivity index (χ2n) is 8.59. The predicted octanol–water partition coefficient (Wildman–Crippen LogP) is 5.04. The molecule has 1 atom stereocenters. The maximum Gasteiger partial charge on any atom is 0.326 e. The molecule has 0 rings (SSSR count). The largest absolute Gasteiger partial charge is 0.480 e. The van der Waals surface area contributed by atoms with Crippen LogP contribution in [-0.2, 0) is 9.59 Å². The number of allylic oxidation sites excluding steroid dienone is 2. The minimum absolute atomic E-state index is 0.0829. The lowest BCUT2D eigenvalue weighted by molar-refractivity contribution is -0.142. The molecule has 1 amide bonds. The quantitative estimate of drug-likeness (QED) is 0.0791. The minimum atomic E-state index is -1.07. The van der Waals surface area contributed by atoms with Crippen LogP contribution in [0.2, 0.25) is 0 Å². The van der Waals surface area contributed by atoms with Gasteiger partial charge in [-0.25, -0.2) is 4.79 Å². The van der Waals surface area contributed by atoms with Crippen molar-refractivity contribution in [2.45, 2.75) is 122 Å². The van der Waals surface area contributed by atoms with Crippen molar-refractivity contribution in [3.05, 3.63) is 12.2 Å². The Morgan fingerprint density at radius 2 is 1.34 bits per heavy atom. The fourth-order valence-electron chi connectivity index (χ4n) is 3.56. The zero-order chi connectivity index (χ0) is 23.9. The van der Waals surface area contributed by atoms with Gasteiger partial charge < -0.3 is 21.9 Å². The molecule has 0 aromatic heterocycles. The molecule has 0 bridgehead atoms. The Morgan fingerprint density at radius 3 is 1.84 bits per heavy atom. The maximum absolute atomic E-state index is 11.9. The fourth-order valence-corrected chi connectivity index (χ4v) is 3.56. The van der Waals surface area contributed by atoms with E-state index in [0.29, 0.717) is 6.42 Å². The molecular weight excluding hydrogens is 404 g/mol. The number of amides is 1. The number of nitrogens with one attached hydrogen (secondary N) is 1. The zero-order valence-corrected chi connectivity index (χ0v) is 20.3. The van der Waals surface area contributed by atoms with Gasteiger partial charge in [0.15, 0.2) is 5.96 Å². The van der Waals surface area contributed by atoms with Crippen LogP contribution in [-0.4, -0.2) is 35.5 Å². The number of carboxylic acid groups (broad SMARTS) is 1. The van der Waals surface area contributed by atoms with Crippen molar-refractivity contribution in [3.63, 3.8) is 0 Å². The van der Waals surface area contributed by atoms with Crippen molar-refractivity contribution >= 4 is 17.8 Å². The molecule has 6 N–H and O–H groups in total. The lowest BCUT2D eigenvalue weighted by atomic mass is 10.1. The highest BCUT2D eigenvalue weighted by molar-refractivity contribution is 5.83. The molecule has 7 heteroatoms. The summed E-state index contributed by atoms with van der Waals surface area (Å²) in [6, 6.07) is -0.953. The van der Waals surface area contributed by atoms with Crippen LogP contribution in [0.1, 0.15) is 116 Å². The van der Waals surface area contributed by atoms with E-state index in [1.807, 2.05) is 0 Å². The Morgan fingerprint density at radius 1 is 0.844 bits per heavy atom. The van der Waals surface area contributed by atoms with Crippen LogP contribution >= 0.6 is 0 Å². The van der Waals surface area contributed by atoms with E-state index in [9.17, 15) is 14.7 Å². The molecule has 0 aliphatic carbocycles. The standard InChI is InChI=1S/C25H48N4O3/c1-2-3-4-5-6-7-8-9-10-11-12-13-14-15-16-17-18-19-23(30)29-22(24(31)32)20-21-28-25(26)27/h9-10,22H,2-8,11-21H2,1H3,(H,29,30)(H,31,32)(H4,26,27,28)/b10-9-/t22-/m0/s1. The van der Waals surface area contributed by atoms with Gasteiger partial charge in [-0.1, -0.05) is 83.3 Å². The molecule has 0 saturated carbocycles. The minimum Gasteiger partial charge on any atom is -0.480 e. The van der Waals surface area contributed by atoms with Crippen LogP contribution in [0, 0.1) is 0 Å². The van der Waals surface area contributed by atoms with Crippen molar-refractivity contribution in [3.8, 4) is 0 Å². The predicted molar refractivity (Wildman–Crippen MR) is 134 cm³/mol. The first-order valence-corrected chi connectivity index (χ1v) is 12.7. The first-order valence-electron chi connectivity index (χ1n) is 12.7. The van der Waals surface area contributed by atoms with E-state index in [0.717, 1.165) is 19.3 Å². The Labute approximate surface area is 195 Å². The van der Waals surface area contributed by atoms with E-state index in [1.54, 1.807) is 0 Å². The molecule has 0 spiro atoms. The van der Waals surface area contributed by atoms with Crippen molar-refractivity contribution in [1.82, 2.24) is 5.32 Å². The van der Waals surface area contributed by atoms with E-state index in [1.165, 1.54) is 77.0 Å². The van der Waals surface area contributed by atoms with Gasteiger partial charge in [-0.2, -0.15) is 0 Å². The highest BCUT2D eigenvalue weighted by atomic mass is 16.4. The molecule has 0 aromatic carbocycles. The van der Waals surface area contributed by atoms with E-state index in [-0.39, 0.29) is 24.8 Å². The number of carbonyl (C=O) groups excluding carboxylic acids is 1. The summed E-state index contributed by atoms with van der Waals surface area (Å²) in [6.45, 7) is 2.43. The Balaban J connectivity index is 3.53. The summed E-state index contributed by atoms with van der Waals surface area (Å²) < 4.78 is 0. The second kappa shape index (κ2) is 22.2. The number of hydrogen-bond donors (Lipinski definition) is 4. The molecule has 186 valence electrons. The molecule has 0 fully saturated rings. The van der Waals surface area contributed by atoms with Crippen LogP contribution in [0.4, 0.5) is 0 Å². The number of nitrogens with two attached hydrogens (primary N) is 2. The van der Waals surface area contributed by atoms with Crippen LogP contribution in [0.15, 0.2) is 17.1 Å². The van der Waals surface area contributed by atoms with E-state index < -0.39 is 12.0 Å². The average Bonchev–Trinajstić information content (AvgIpc) is 2.74. The SMILES string of the molecule is CCCCCCCC/C=C\CCCCCCCCCC(=O)N[C@@H](CCN=C(N)N)C(=O)O. The summed E-state index contributed by atoms with van der Waals surface area (Å²) in [6.07, 6.45) is 23.6. The summed E-state index contributed by atoms with van der Waals surface area (Å²) in [5.41, 5.74) is 10.4. The molecule has 0 saturated heterocycles. The molecule has 7 nitrogen and oxygen atoms in total. The monoisotopic (exact) mass is 452 g/mol. The van der Waals surface area contributed by atoms with E-state index >= 15 is 0 Å². The van der Waals surface area contributed by atoms with Gasteiger partial charge in [0.25, 0.3) is 0 Å². The number of guanidine groups is 1. The van der Waals surface area contributed by atoms with Crippen molar-refractivity contribution in [1.29, 1.82) is 0 Å². The van der Waals surface area contributed by atoms with Gasteiger partial charge in [0, 0.05) is 13.0 Å². The van der Waals surface area contributed by atoms with Crippen molar-refractivity contribution in [2.24, 2.45) is 16.5 Å². The highest BCUT2D eigenvalue weighted by Gasteiger charge is 2.19. The lowest BCUT2D eigenvalue weighted by Crippen LogP contribution is -2.41. The van der Waals surface area contributed by atoms with Gasteiger partial charge in [-0.05, 0) is 38.5 Å². The second-order valence-corrected chi connectivity index (χ2v) is 8.59. The normalized spacial score (nSPS) is 12.0. The third-order valence-electron chi connectivity index (χ3n) is 5.51. The van der Waals surface area contributed by atoms with Gasteiger partial charge in [0.05, 0.1) is 0 Å². The first kappa shape index (κ1) is 29.9. The fraction of sp³-hybridized carbons (Fsp3) is 0.800. The third kappa shape index (κ3) is 21.2. The Kier molecular flexibility index (Phi) is 20.7. The average molecular weight is 453 g/mol. The van der Waals surface area contributed by atoms with Crippen LogP contribution in [0.25, 0.3) is 0 Å². The molecule has 32 heavy (non-hydrogen) atoms. The van der Waals surface area contributed by atoms with Crippen molar-refractivity contribution in [2.75, 3.05) is 6.54 Å². The smallest absolute Gasteiger partial charge is 0.326 e. The highest BCUT2D eigenvalue weighted by Crippen LogP contribution is 2.11. The Hall–Kier alpha value is -2.05. The number of aliphatic carboxylic acids is 1. The van der Waals surface area contributed by atoms with Crippen LogP contribution in [0.5, 0.6) is 0 Å². The molecular formula is C25H48N4O3. The number of hydrogen-bond acceptors (Lipinski definition) is 3. The zero-order valence-electron chi connectivity index (χ0n) is 20.3. The first-order chi connectivity index (χ1) is 15.5. The van der Waals surface area contributed by atoms with Crippen molar-refractivity contribution < 1.29 is 14.7 Å². The topological polar surface area (TPSA) is 131 Å². The van der Waals surface area contributed by atoms with E-state index in [2.05, 4.69) is 29.4 Å². The van der Waals surface area contributed by atoms with Gasteiger partial charge in [0.2, 0.25) is 5.91 Å². The summed E-state index contributed by atoms with van der Waals surface area (Å²) in [7, 11) is 0. The molecule has 0 aromatic rings. The van der Waals surface area contributed by atoms with Crippen LogP contribution < -0.4 is 16.8 Å². The van der Waals surface area contributed by atoms with Gasteiger partial charge >= 0.3 is 5.97 Å². The number of rotatable bonds is 22. The Bertz CT molecular complexity index is 531. The lowest BCUT2D eigenvalue weighted by Gasteiger charge is -2.13. The number of carbonyl (C=O) groups is 2.